The minimum Gasteiger partial charge on any atom is -0.494 e. The molecule has 0 aliphatic heterocycles. The summed E-state index contributed by atoms with van der Waals surface area (Å²) in [6.45, 7) is 5.75. The van der Waals surface area contributed by atoms with Crippen molar-refractivity contribution in [3.8, 4) is 11.5 Å². The highest BCUT2D eigenvalue weighted by Crippen LogP contribution is 2.20. The fraction of sp³-hybridized carbons (Fsp3) is 0.455. The van der Waals surface area contributed by atoms with Crippen LogP contribution in [-0.2, 0) is 0 Å². The van der Waals surface area contributed by atoms with Crippen LogP contribution in [-0.4, -0.2) is 17.5 Å². The first-order valence-corrected chi connectivity index (χ1v) is 4.65. The van der Waals surface area contributed by atoms with Crippen molar-refractivity contribution in [2.24, 2.45) is 0 Å². The fourth-order valence-corrected chi connectivity index (χ4v) is 1.06. The van der Waals surface area contributed by atoms with Crippen LogP contribution in [0.1, 0.15) is 20.8 Å². The second kappa shape index (κ2) is 4.33. The highest BCUT2D eigenvalue weighted by Gasteiger charge is 2.13. The predicted molar refractivity (Wildman–Crippen MR) is 54.5 cm³/mol. The lowest BCUT2D eigenvalue weighted by Crippen LogP contribution is -2.26. The zero-order valence-corrected chi connectivity index (χ0v) is 8.78. The van der Waals surface area contributed by atoms with E-state index in [0.717, 1.165) is 5.75 Å². The zero-order chi connectivity index (χ0) is 10.6. The molecule has 3 heteroatoms. The van der Waals surface area contributed by atoms with Crippen LogP contribution in [0.2, 0.25) is 0 Å². The summed E-state index contributed by atoms with van der Waals surface area (Å²) in [7, 11) is 0. The molecule has 0 atom stereocenters. The van der Waals surface area contributed by atoms with Crippen molar-refractivity contribution < 1.29 is 14.6 Å². The van der Waals surface area contributed by atoms with Crippen LogP contribution in [0.3, 0.4) is 0 Å². The molecule has 0 aliphatic carbocycles. The second-order valence-electron chi connectivity index (χ2n) is 3.45. The van der Waals surface area contributed by atoms with Gasteiger partial charge in [0.15, 0.2) is 0 Å². The van der Waals surface area contributed by atoms with E-state index in [-0.39, 0.29) is 0 Å². The first kappa shape index (κ1) is 10.9. The molecule has 1 N–H and O–H groups in total. The summed E-state index contributed by atoms with van der Waals surface area (Å²) in [5.74, 6) is 0.282. The van der Waals surface area contributed by atoms with Crippen molar-refractivity contribution >= 4 is 0 Å². The topological polar surface area (TPSA) is 38.7 Å². The molecule has 0 saturated carbocycles. The first-order valence-electron chi connectivity index (χ1n) is 4.65. The van der Waals surface area contributed by atoms with Crippen LogP contribution in [0.4, 0.5) is 0 Å². The Hall–Kier alpha value is -1.22. The van der Waals surface area contributed by atoms with E-state index >= 15 is 0 Å². The molecular formula is C11H16O3. The van der Waals surface area contributed by atoms with Crippen LogP contribution >= 0.6 is 0 Å². The van der Waals surface area contributed by atoms with Crippen LogP contribution in [0.5, 0.6) is 11.5 Å². The molecule has 0 aromatic heterocycles. The minimum atomic E-state index is -1.15. The molecule has 0 bridgehead atoms. The third-order valence-corrected chi connectivity index (χ3v) is 1.50. The van der Waals surface area contributed by atoms with Crippen LogP contribution in [0.15, 0.2) is 24.3 Å². The van der Waals surface area contributed by atoms with Crippen molar-refractivity contribution in [2.75, 3.05) is 6.61 Å². The van der Waals surface area contributed by atoms with Gasteiger partial charge in [-0.1, -0.05) is 0 Å². The lowest BCUT2D eigenvalue weighted by molar-refractivity contribution is -0.104. The summed E-state index contributed by atoms with van der Waals surface area (Å²) in [6, 6.07) is 7.15. The molecule has 0 spiro atoms. The van der Waals surface area contributed by atoms with Crippen molar-refractivity contribution in [2.45, 2.75) is 26.6 Å². The van der Waals surface area contributed by atoms with Gasteiger partial charge in [-0.2, -0.15) is 0 Å². The highest BCUT2D eigenvalue weighted by molar-refractivity contribution is 5.31. The summed E-state index contributed by atoms with van der Waals surface area (Å²) in [6.07, 6.45) is 0. The van der Waals surface area contributed by atoms with E-state index in [1.807, 2.05) is 19.1 Å². The number of rotatable bonds is 4. The smallest absolute Gasteiger partial charge is 0.202 e. The maximum Gasteiger partial charge on any atom is 0.202 e. The van der Waals surface area contributed by atoms with Gasteiger partial charge in [-0.25, -0.2) is 0 Å². The molecule has 0 unspecified atom stereocenters. The average Bonchev–Trinajstić information content (AvgIpc) is 2.06. The Morgan fingerprint density at radius 3 is 2.07 bits per heavy atom. The predicted octanol–water partition coefficient (Wildman–Crippen LogP) is 2.19. The molecule has 0 radical (unpaired) electrons. The second-order valence-corrected chi connectivity index (χ2v) is 3.45. The molecule has 0 amide bonds. The molecule has 0 fully saturated rings. The van der Waals surface area contributed by atoms with E-state index in [2.05, 4.69) is 0 Å². The van der Waals surface area contributed by atoms with Gasteiger partial charge in [0.2, 0.25) is 5.79 Å². The molecule has 1 aromatic rings. The Morgan fingerprint density at radius 2 is 1.64 bits per heavy atom. The molecular weight excluding hydrogens is 180 g/mol. The molecule has 0 heterocycles. The molecule has 0 aliphatic rings. The van der Waals surface area contributed by atoms with Crippen molar-refractivity contribution in [3.63, 3.8) is 0 Å². The van der Waals surface area contributed by atoms with Gasteiger partial charge in [0.1, 0.15) is 11.5 Å². The maximum absolute atomic E-state index is 9.39. The molecule has 1 aromatic carbocycles. The standard InChI is InChI=1S/C11H16O3/c1-4-13-9-5-7-10(8-6-9)14-11(2,3)12/h5-8,12H,4H2,1-3H3. The summed E-state index contributed by atoms with van der Waals surface area (Å²) >= 11 is 0. The van der Waals surface area contributed by atoms with Gasteiger partial charge in [0.25, 0.3) is 0 Å². The fourth-order valence-electron chi connectivity index (χ4n) is 1.06. The summed E-state index contributed by atoms with van der Waals surface area (Å²) in [5, 5.41) is 9.39. The number of ether oxygens (including phenoxy) is 2. The first-order chi connectivity index (χ1) is 6.51. The van der Waals surface area contributed by atoms with Crippen molar-refractivity contribution in [3.05, 3.63) is 24.3 Å². The zero-order valence-electron chi connectivity index (χ0n) is 8.78. The number of aliphatic hydroxyl groups is 1. The van der Waals surface area contributed by atoms with E-state index < -0.39 is 5.79 Å². The van der Waals surface area contributed by atoms with Crippen LogP contribution in [0.25, 0.3) is 0 Å². The summed E-state index contributed by atoms with van der Waals surface area (Å²) in [5.41, 5.74) is 0. The largest absolute Gasteiger partial charge is 0.494 e. The number of benzene rings is 1. The van der Waals surface area contributed by atoms with Gasteiger partial charge in [0, 0.05) is 13.8 Å². The highest BCUT2D eigenvalue weighted by atomic mass is 16.6. The van der Waals surface area contributed by atoms with E-state index in [1.165, 1.54) is 0 Å². The third-order valence-electron chi connectivity index (χ3n) is 1.50. The molecule has 0 saturated heterocycles. The SMILES string of the molecule is CCOc1ccc(OC(C)(C)O)cc1. The Balaban J connectivity index is 2.64. The Labute approximate surface area is 84.3 Å². The lowest BCUT2D eigenvalue weighted by Gasteiger charge is -2.19. The van der Waals surface area contributed by atoms with Crippen LogP contribution < -0.4 is 9.47 Å². The van der Waals surface area contributed by atoms with E-state index in [1.54, 1.807) is 26.0 Å². The van der Waals surface area contributed by atoms with Gasteiger partial charge in [-0.05, 0) is 31.2 Å². The Bertz CT molecular complexity index is 272. The van der Waals surface area contributed by atoms with Gasteiger partial charge in [-0.15, -0.1) is 0 Å². The van der Waals surface area contributed by atoms with Crippen molar-refractivity contribution in [1.82, 2.24) is 0 Å². The van der Waals surface area contributed by atoms with Gasteiger partial charge >= 0.3 is 0 Å². The molecule has 3 nitrogen and oxygen atoms in total. The Kier molecular flexibility index (Phi) is 3.36. The number of hydrogen-bond acceptors (Lipinski definition) is 3. The van der Waals surface area contributed by atoms with Crippen molar-refractivity contribution in [1.29, 1.82) is 0 Å². The van der Waals surface area contributed by atoms with Gasteiger partial charge in [-0.3, -0.25) is 0 Å². The molecule has 14 heavy (non-hydrogen) atoms. The lowest BCUT2D eigenvalue weighted by atomic mass is 10.3. The summed E-state index contributed by atoms with van der Waals surface area (Å²) in [4.78, 5) is 0. The third kappa shape index (κ3) is 3.66. The monoisotopic (exact) mass is 196 g/mol. The average molecular weight is 196 g/mol. The van der Waals surface area contributed by atoms with E-state index in [9.17, 15) is 5.11 Å². The Morgan fingerprint density at radius 1 is 1.14 bits per heavy atom. The summed E-state index contributed by atoms with van der Waals surface area (Å²) < 4.78 is 10.5. The quantitative estimate of drug-likeness (QED) is 0.750. The number of hydrogen-bond donors (Lipinski definition) is 1. The molecule has 1 rings (SSSR count). The maximum atomic E-state index is 9.39. The van der Waals surface area contributed by atoms with Gasteiger partial charge in [0.05, 0.1) is 6.61 Å². The molecule has 78 valence electrons. The minimum absolute atomic E-state index is 0.626. The van der Waals surface area contributed by atoms with E-state index in [4.69, 9.17) is 9.47 Å². The normalized spacial score (nSPS) is 11.1. The van der Waals surface area contributed by atoms with Gasteiger partial charge < -0.3 is 14.6 Å². The van der Waals surface area contributed by atoms with E-state index in [0.29, 0.717) is 12.4 Å². The van der Waals surface area contributed by atoms with Crippen LogP contribution in [0, 0.1) is 0 Å².